The number of aliphatic hydroxyl groups is 3. The number of nitrogens with zero attached hydrogens (tertiary/aromatic N) is 3. The van der Waals surface area contributed by atoms with Crippen LogP contribution in [0.4, 0.5) is 0 Å². The van der Waals surface area contributed by atoms with Gasteiger partial charge in [-0.15, -0.1) is 0 Å². The molecule has 0 rings (SSSR count). The van der Waals surface area contributed by atoms with Gasteiger partial charge in [-0.05, 0) is 12.2 Å². The summed E-state index contributed by atoms with van der Waals surface area (Å²) in [6, 6.07) is 0. The van der Waals surface area contributed by atoms with Crippen LogP contribution in [0.3, 0.4) is 0 Å². The summed E-state index contributed by atoms with van der Waals surface area (Å²) in [5.41, 5.74) is 0. The van der Waals surface area contributed by atoms with E-state index in [1.54, 1.807) is 0 Å². The van der Waals surface area contributed by atoms with Crippen molar-refractivity contribution in [3.05, 3.63) is 0 Å². The minimum Gasteiger partial charge on any atom is -0.480 e. The zero-order valence-corrected chi connectivity index (χ0v) is 24.9. The molecular formula is C24H44N4O14S. The number of carboxylic acids is 4. The summed E-state index contributed by atoms with van der Waals surface area (Å²) in [7, 11) is 1.23. The van der Waals surface area contributed by atoms with Gasteiger partial charge in [-0.25, -0.2) is 0 Å². The Morgan fingerprint density at radius 2 is 1.21 bits per heavy atom. The molecule has 0 aromatic heterocycles. The Bertz CT molecular complexity index is 829. The van der Waals surface area contributed by atoms with Crippen LogP contribution in [0.2, 0.25) is 0 Å². The third kappa shape index (κ3) is 21.7. The lowest BCUT2D eigenvalue weighted by Gasteiger charge is -2.27. The van der Waals surface area contributed by atoms with Gasteiger partial charge in [0.15, 0.2) is 6.29 Å². The van der Waals surface area contributed by atoms with E-state index in [0.717, 1.165) is 4.90 Å². The van der Waals surface area contributed by atoms with Crippen LogP contribution in [0.1, 0.15) is 6.42 Å². The Hall–Kier alpha value is -2.62. The SMILES string of the molecule is COC(O)C(OCCCSCCNC(=O)CN(CCN(CCN(CC(=O)O)CC(=O)O)CC(=O)O)CC(=O)O)[C@H](O)CO. The average Bonchev–Trinajstić information content (AvgIpc) is 2.91. The summed E-state index contributed by atoms with van der Waals surface area (Å²) in [6.07, 6.45) is -3.26. The van der Waals surface area contributed by atoms with E-state index in [4.69, 9.17) is 24.8 Å². The van der Waals surface area contributed by atoms with Gasteiger partial charge in [0.05, 0.1) is 39.3 Å². The van der Waals surface area contributed by atoms with Gasteiger partial charge in [0.25, 0.3) is 0 Å². The van der Waals surface area contributed by atoms with Gasteiger partial charge >= 0.3 is 23.9 Å². The normalized spacial score (nSPS) is 13.7. The molecule has 0 saturated carbocycles. The average molecular weight is 645 g/mol. The van der Waals surface area contributed by atoms with E-state index in [2.05, 4.69) is 5.32 Å². The summed E-state index contributed by atoms with van der Waals surface area (Å²) in [6.45, 7) is -2.51. The van der Waals surface area contributed by atoms with Gasteiger partial charge in [0.1, 0.15) is 12.2 Å². The summed E-state index contributed by atoms with van der Waals surface area (Å²) < 4.78 is 10.1. The molecule has 0 heterocycles. The number of rotatable bonds is 28. The molecule has 0 fully saturated rings. The van der Waals surface area contributed by atoms with Crippen LogP contribution in [0.5, 0.6) is 0 Å². The third-order valence-electron chi connectivity index (χ3n) is 5.67. The van der Waals surface area contributed by atoms with E-state index in [-0.39, 0.29) is 45.9 Å². The summed E-state index contributed by atoms with van der Waals surface area (Å²) in [4.78, 5) is 60.8. The molecule has 19 heteroatoms. The second-order valence-corrected chi connectivity index (χ2v) is 10.5. The molecule has 0 aliphatic rings. The lowest BCUT2D eigenvalue weighted by molar-refractivity contribution is -0.199. The number of nitrogens with one attached hydrogen (secondary N) is 1. The number of carbonyl (C=O) groups excluding carboxylic acids is 1. The zero-order valence-electron chi connectivity index (χ0n) is 24.1. The molecule has 0 spiro atoms. The smallest absolute Gasteiger partial charge is 0.317 e. The highest BCUT2D eigenvalue weighted by atomic mass is 32.2. The number of hydrogen-bond acceptors (Lipinski definition) is 14. The van der Waals surface area contributed by atoms with Crippen LogP contribution in [0, 0.1) is 0 Å². The number of thioether (sulfide) groups is 1. The van der Waals surface area contributed by atoms with Crippen molar-refractivity contribution in [3.63, 3.8) is 0 Å². The first-order valence-corrected chi connectivity index (χ1v) is 14.4. The maximum Gasteiger partial charge on any atom is 0.317 e. The highest BCUT2D eigenvalue weighted by Gasteiger charge is 2.27. The van der Waals surface area contributed by atoms with Gasteiger partial charge in [0, 0.05) is 52.2 Å². The number of aliphatic hydroxyl groups excluding tert-OH is 3. The predicted octanol–water partition coefficient (Wildman–Crippen LogP) is -3.83. The summed E-state index contributed by atoms with van der Waals surface area (Å²) in [5.74, 6) is -4.17. The summed E-state index contributed by atoms with van der Waals surface area (Å²) in [5, 5.41) is 67.5. The number of carbonyl (C=O) groups is 5. The quantitative estimate of drug-likeness (QED) is 0.0299. The van der Waals surface area contributed by atoms with Crippen LogP contribution < -0.4 is 5.32 Å². The maximum atomic E-state index is 12.4. The van der Waals surface area contributed by atoms with Crippen molar-refractivity contribution < 1.29 is 69.2 Å². The van der Waals surface area contributed by atoms with Gasteiger partial charge in [-0.1, -0.05) is 0 Å². The Kier molecular flexibility index (Phi) is 22.3. The number of ether oxygens (including phenoxy) is 2. The van der Waals surface area contributed by atoms with Crippen LogP contribution in [-0.4, -0.2) is 196 Å². The van der Waals surface area contributed by atoms with Crippen molar-refractivity contribution in [1.82, 2.24) is 20.0 Å². The van der Waals surface area contributed by atoms with Crippen molar-refractivity contribution in [2.75, 3.05) is 97.3 Å². The number of methoxy groups -OCH3 is 1. The Morgan fingerprint density at radius 1 is 0.744 bits per heavy atom. The Morgan fingerprint density at radius 3 is 1.67 bits per heavy atom. The molecule has 0 aromatic rings. The van der Waals surface area contributed by atoms with E-state index < -0.39 is 81.1 Å². The first-order valence-electron chi connectivity index (χ1n) is 13.3. The van der Waals surface area contributed by atoms with Crippen LogP contribution in [0.15, 0.2) is 0 Å². The van der Waals surface area contributed by atoms with Crippen LogP contribution >= 0.6 is 11.8 Å². The fourth-order valence-electron chi connectivity index (χ4n) is 3.65. The second-order valence-electron chi connectivity index (χ2n) is 9.30. The van der Waals surface area contributed by atoms with E-state index in [0.29, 0.717) is 17.9 Å². The molecule has 2 unspecified atom stereocenters. The Balaban J connectivity index is 4.64. The first kappa shape index (κ1) is 40.4. The molecule has 8 N–H and O–H groups in total. The molecule has 0 aromatic carbocycles. The van der Waals surface area contributed by atoms with Gasteiger partial charge < -0.3 is 50.5 Å². The van der Waals surface area contributed by atoms with Crippen molar-refractivity contribution >= 4 is 41.5 Å². The molecular weight excluding hydrogens is 600 g/mol. The minimum absolute atomic E-state index is 0.00212. The number of carboxylic acid groups (broad SMARTS) is 4. The highest BCUT2D eigenvalue weighted by molar-refractivity contribution is 7.99. The van der Waals surface area contributed by atoms with E-state index in [1.165, 1.54) is 28.7 Å². The lowest BCUT2D eigenvalue weighted by atomic mass is 10.2. The minimum atomic E-state index is -1.40. The second kappa shape index (κ2) is 23.8. The largest absolute Gasteiger partial charge is 0.480 e. The van der Waals surface area contributed by atoms with Crippen LogP contribution in [0.25, 0.3) is 0 Å². The fraction of sp³-hybridized carbons (Fsp3) is 0.792. The molecule has 0 bridgehead atoms. The maximum absolute atomic E-state index is 12.4. The lowest BCUT2D eigenvalue weighted by Crippen LogP contribution is -2.46. The Labute approximate surface area is 253 Å². The van der Waals surface area contributed by atoms with Crippen molar-refractivity contribution in [3.8, 4) is 0 Å². The van der Waals surface area contributed by atoms with E-state index in [1.807, 2.05) is 0 Å². The molecule has 0 radical (unpaired) electrons. The molecule has 0 aliphatic carbocycles. The summed E-state index contributed by atoms with van der Waals surface area (Å²) >= 11 is 1.49. The zero-order chi connectivity index (χ0) is 32.8. The van der Waals surface area contributed by atoms with Crippen LogP contribution in [-0.2, 0) is 33.4 Å². The monoisotopic (exact) mass is 644 g/mol. The number of aliphatic carboxylic acids is 4. The standard InChI is InChI=1S/C24H44N4O14S/c1-41-24(40)23(17(30)16-29)42-8-2-9-43-10-3-25-18(31)11-27(13-20(34)35)6-4-26(12-19(32)33)5-7-28(14-21(36)37)15-22(38)39/h17,23-24,29-30,40H,2-16H2,1H3,(H,25,31)(H,32,33)(H,34,35)(H,36,37)(H,38,39)/t17-,23?,24?/m1/s1. The first-order chi connectivity index (χ1) is 20.3. The van der Waals surface area contributed by atoms with Gasteiger partial charge in [-0.3, -0.25) is 38.7 Å². The third-order valence-corrected chi connectivity index (χ3v) is 6.74. The predicted molar refractivity (Wildman–Crippen MR) is 151 cm³/mol. The highest BCUT2D eigenvalue weighted by Crippen LogP contribution is 2.09. The molecule has 3 atom stereocenters. The van der Waals surface area contributed by atoms with Crippen molar-refractivity contribution in [1.29, 1.82) is 0 Å². The molecule has 0 aliphatic heterocycles. The molecule has 250 valence electrons. The van der Waals surface area contributed by atoms with E-state index >= 15 is 0 Å². The van der Waals surface area contributed by atoms with Gasteiger partial charge in [0.2, 0.25) is 5.91 Å². The van der Waals surface area contributed by atoms with E-state index in [9.17, 15) is 44.4 Å². The fourth-order valence-corrected chi connectivity index (χ4v) is 4.43. The molecule has 1 amide bonds. The van der Waals surface area contributed by atoms with Gasteiger partial charge in [-0.2, -0.15) is 11.8 Å². The topological polar surface area (TPSA) is 267 Å². The van der Waals surface area contributed by atoms with Crippen molar-refractivity contribution in [2.24, 2.45) is 0 Å². The van der Waals surface area contributed by atoms with Crippen molar-refractivity contribution in [2.45, 2.75) is 24.9 Å². The number of amides is 1. The molecule has 43 heavy (non-hydrogen) atoms. The number of hydrogen-bond donors (Lipinski definition) is 8. The molecule has 0 saturated heterocycles. The molecule has 18 nitrogen and oxygen atoms in total.